The number of rotatable bonds is 4. The summed E-state index contributed by atoms with van der Waals surface area (Å²) < 4.78 is 0. The Labute approximate surface area is 113 Å². The van der Waals surface area contributed by atoms with Gasteiger partial charge in [0.1, 0.15) is 0 Å². The fourth-order valence-electron chi connectivity index (χ4n) is 1.93. The molecule has 0 fully saturated rings. The molecule has 1 aromatic carbocycles. The maximum Gasteiger partial charge on any atom is 0.253 e. The molecule has 0 spiro atoms. The number of amides is 1. The SMILES string of the molecule is Cc1cccc(C(=O)N(C)CCc2ccccn2)c1. The maximum atomic E-state index is 12.2. The third-order valence-electron chi connectivity index (χ3n) is 3.04. The second-order valence-electron chi connectivity index (χ2n) is 4.67. The standard InChI is InChI=1S/C16H18N2O/c1-13-6-5-7-14(12-13)16(19)18(2)11-9-15-8-3-4-10-17-15/h3-8,10,12H,9,11H2,1-2H3. The second kappa shape index (κ2) is 6.14. The molecule has 3 heteroatoms. The summed E-state index contributed by atoms with van der Waals surface area (Å²) in [4.78, 5) is 18.2. The van der Waals surface area contributed by atoms with E-state index in [-0.39, 0.29) is 5.91 Å². The van der Waals surface area contributed by atoms with Gasteiger partial charge in [-0.25, -0.2) is 0 Å². The van der Waals surface area contributed by atoms with Gasteiger partial charge in [0.05, 0.1) is 0 Å². The highest BCUT2D eigenvalue weighted by atomic mass is 16.2. The molecule has 0 aliphatic rings. The van der Waals surface area contributed by atoms with Gasteiger partial charge in [-0.15, -0.1) is 0 Å². The number of carbonyl (C=O) groups excluding carboxylic acids is 1. The summed E-state index contributed by atoms with van der Waals surface area (Å²) in [6.45, 7) is 2.66. The van der Waals surface area contributed by atoms with Crippen LogP contribution in [-0.4, -0.2) is 29.4 Å². The number of aromatic nitrogens is 1. The Bertz CT molecular complexity index is 552. The number of carbonyl (C=O) groups is 1. The first-order chi connectivity index (χ1) is 9.16. The monoisotopic (exact) mass is 254 g/mol. The van der Waals surface area contributed by atoms with Crippen molar-refractivity contribution in [2.45, 2.75) is 13.3 Å². The van der Waals surface area contributed by atoms with E-state index in [0.29, 0.717) is 6.54 Å². The van der Waals surface area contributed by atoms with E-state index in [2.05, 4.69) is 4.98 Å². The normalized spacial score (nSPS) is 10.2. The highest BCUT2D eigenvalue weighted by Crippen LogP contribution is 2.07. The van der Waals surface area contributed by atoms with E-state index in [1.54, 1.807) is 11.1 Å². The highest BCUT2D eigenvalue weighted by molar-refractivity contribution is 5.94. The number of nitrogens with zero attached hydrogens (tertiary/aromatic N) is 2. The summed E-state index contributed by atoms with van der Waals surface area (Å²) in [6, 6.07) is 13.5. The molecule has 0 radical (unpaired) electrons. The Kier molecular flexibility index (Phi) is 4.29. The summed E-state index contributed by atoms with van der Waals surface area (Å²) in [5.41, 5.74) is 2.85. The number of likely N-dealkylation sites (N-methyl/N-ethyl adjacent to an activating group) is 1. The molecular weight excluding hydrogens is 236 g/mol. The number of benzene rings is 1. The molecular formula is C16H18N2O. The molecule has 0 saturated carbocycles. The van der Waals surface area contributed by atoms with Gasteiger partial charge in [0.15, 0.2) is 0 Å². The van der Waals surface area contributed by atoms with Crippen LogP contribution in [0.25, 0.3) is 0 Å². The molecule has 1 heterocycles. The molecule has 1 amide bonds. The van der Waals surface area contributed by atoms with Gasteiger partial charge in [-0.1, -0.05) is 23.8 Å². The minimum Gasteiger partial charge on any atom is -0.341 e. The average Bonchev–Trinajstić information content (AvgIpc) is 2.45. The molecule has 19 heavy (non-hydrogen) atoms. The van der Waals surface area contributed by atoms with Crippen molar-refractivity contribution in [2.75, 3.05) is 13.6 Å². The zero-order valence-electron chi connectivity index (χ0n) is 11.3. The molecule has 0 aliphatic carbocycles. The quantitative estimate of drug-likeness (QED) is 0.840. The Hall–Kier alpha value is -2.16. The Morgan fingerprint density at radius 1 is 1.21 bits per heavy atom. The topological polar surface area (TPSA) is 33.2 Å². The fourth-order valence-corrected chi connectivity index (χ4v) is 1.93. The summed E-state index contributed by atoms with van der Waals surface area (Å²) in [7, 11) is 1.83. The van der Waals surface area contributed by atoms with E-state index < -0.39 is 0 Å². The first kappa shape index (κ1) is 13.3. The number of pyridine rings is 1. The van der Waals surface area contributed by atoms with Crippen molar-refractivity contribution in [3.8, 4) is 0 Å². The van der Waals surface area contributed by atoms with Crippen LogP contribution in [0.2, 0.25) is 0 Å². The third-order valence-corrected chi connectivity index (χ3v) is 3.04. The summed E-state index contributed by atoms with van der Waals surface area (Å²) in [5, 5.41) is 0. The van der Waals surface area contributed by atoms with Crippen molar-refractivity contribution in [3.63, 3.8) is 0 Å². The zero-order chi connectivity index (χ0) is 13.7. The van der Waals surface area contributed by atoms with Crippen LogP contribution in [0, 0.1) is 6.92 Å². The largest absolute Gasteiger partial charge is 0.341 e. The van der Waals surface area contributed by atoms with Gasteiger partial charge in [-0.05, 0) is 31.2 Å². The van der Waals surface area contributed by atoms with Crippen LogP contribution in [0.5, 0.6) is 0 Å². The van der Waals surface area contributed by atoms with Gasteiger partial charge in [0.2, 0.25) is 0 Å². The molecule has 0 saturated heterocycles. The van der Waals surface area contributed by atoms with Crippen LogP contribution in [0.4, 0.5) is 0 Å². The average molecular weight is 254 g/mol. The van der Waals surface area contributed by atoms with Crippen LogP contribution < -0.4 is 0 Å². The van der Waals surface area contributed by atoms with Gasteiger partial charge in [-0.3, -0.25) is 9.78 Å². The fraction of sp³-hybridized carbons (Fsp3) is 0.250. The van der Waals surface area contributed by atoms with Gasteiger partial charge in [-0.2, -0.15) is 0 Å². The highest BCUT2D eigenvalue weighted by Gasteiger charge is 2.11. The first-order valence-electron chi connectivity index (χ1n) is 6.39. The van der Waals surface area contributed by atoms with Gasteiger partial charge < -0.3 is 4.90 Å². The Morgan fingerprint density at radius 3 is 2.74 bits per heavy atom. The van der Waals surface area contributed by atoms with Crippen molar-refractivity contribution in [2.24, 2.45) is 0 Å². The van der Waals surface area contributed by atoms with Crippen molar-refractivity contribution < 1.29 is 4.79 Å². The van der Waals surface area contributed by atoms with Crippen molar-refractivity contribution in [1.29, 1.82) is 0 Å². The smallest absolute Gasteiger partial charge is 0.253 e. The second-order valence-corrected chi connectivity index (χ2v) is 4.67. The van der Waals surface area contributed by atoms with Crippen LogP contribution >= 0.6 is 0 Å². The summed E-state index contributed by atoms with van der Waals surface area (Å²) in [5.74, 6) is 0.0552. The molecule has 0 aliphatic heterocycles. The van der Waals surface area contributed by atoms with Crippen molar-refractivity contribution in [3.05, 3.63) is 65.5 Å². The molecule has 3 nitrogen and oxygen atoms in total. The lowest BCUT2D eigenvalue weighted by Gasteiger charge is -2.17. The van der Waals surface area contributed by atoms with E-state index in [9.17, 15) is 4.79 Å². The predicted octanol–water partition coefficient (Wildman–Crippen LogP) is 2.70. The van der Waals surface area contributed by atoms with E-state index in [4.69, 9.17) is 0 Å². The van der Waals surface area contributed by atoms with Crippen LogP contribution in [0.15, 0.2) is 48.7 Å². The van der Waals surface area contributed by atoms with Crippen LogP contribution in [0.1, 0.15) is 21.6 Å². The number of hydrogen-bond donors (Lipinski definition) is 0. The Balaban J connectivity index is 1.96. The minimum absolute atomic E-state index is 0.0552. The van der Waals surface area contributed by atoms with Crippen LogP contribution in [-0.2, 0) is 6.42 Å². The van der Waals surface area contributed by atoms with E-state index in [1.807, 2.05) is 56.4 Å². The van der Waals surface area contributed by atoms with Gasteiger partial charge >= 0.3 is 0 Å². The lowest BCUT2D eigenvalue weighted by Crippen LogP contribution is -2.29. The first-order valence-corrected chi connectivity index (χ1v) is 6.39. The van der Waals surface area contributed by atoms with Crippen LogP contribution in [0.3, 0.4) is 0 Å². The molecule has 1 aromatic heterocycles. The zero-order valence-corrected chi connectivity index (χ0v) is 11.3. The number of aryl methyl sites for hydroxylation is 1. The number of hydrogen-bond acceptors (Lipinski definition) is 2. The summed E-state index contributed by atoms with van der Waals surface area (Å²) >= 11 is 0. The third kappa shape index (κ3) is 3.65. The minimum atomic E-state index is 0.0552. The van der Waals surface area contributed by atoms with E-state index in [1.165, 1.54) is 0 Å². The van der Waals surface area contributed by atoms with E-state index >= 15 is 0 Å². The molecule has 0 unspecified atom stereocenters. The lowest BCUT2D eigenvalue weighted by molar-refractivity contribution is 0.0796. The molecule has 2 aromatic rings. The molecule has 98 valence electrons. The predicted molar refractivity (Wildman–Crippen MR) is 76.1 cm³/mol. The molecule has 0 bridgehead atoms. The summed E-state index contributed by atoms with van der Waals surface area (Å²) in [6.07, 6.45) is 2.55. The molecule has 0 atom stereocenters. The maximum absolute atomic E-state index is 12.2. The lowest BCUT2D eigenvalue weighted by atomic mass is 10.1. The van der Waals surface area contributed by atoms with Crippen molar-refractivity contribution in [1.82, 2.24) is 9.88 Å². The Morgan fingerprint density at radius 2 is 2.05 bits per heavy atom. The van der Waals surface area contributed by atoms with Gasteiger partial charge in [0, 0.05) is 37.5 Å². The van der Waals surface area contributed by atoms with Crippen molar-refractivity contribution >= 4 is 5.91 Å². The molecule has 0 N–H and O–H groups in total. The molecule has 2 rings (SSSR count). The van der Waals surface area contributed by atoms with Gasteiger partial charge in [0.25, 0.3) is 5.91 Å². The van der Waals surface area contributed by atoms with E-state index in [0.717, 1.165) is 23.2 Å².